The summed E-state index contributed by atoms with van der Waals surface area (Å²) in [6.07, 6.45) is -3.07. The Morgan fingerprint density at radius 3 is 2.38 bits per heavy atom. The number of benzene rings is 1. The average Bonchev–Trinajstić information content (AvgIpc) is 2.84. The average molecular weight is 299 g/mol. The Hall–Kier alpha value is -2.28. The van der Waals surface area contributed by atoms with Crippen LogP contribution in [0.1, 0.15) is 21.5 Å². The highest BCUT2D eigenvalue weighted by molar-refractivity contribution is 5.89. The van der Waals surface area contributed by atoms with Crippen LogP contribution >= 0.6 is 0 Å². The van der Waals surface area contributed by atoms with Crippen molar-refractivity contribution in [2.75, 3.05) is 0 Å². The van der Waals surface area contributed by atoms with Gasteiger partial charge in [0.05, 0.1) is 17.7 Å². The Bertz CT molecular complexity index is 620. The maximum absolute atomic E-state index is 12.7. The fourth-order valence-electron chi connectivity index (χ4n) is 1.82. The second-order valence-corrected chi connectivity index (χ2v) is 4.37. The van der Waals surface area contributed by atoms with E-state index >= 15 is 0 Å². The van der Waals surface area contributed by atoms with Gasteiger partial charge in [-0.05, 0) is 5.56 Å². The Kier molecular flexibility index (Phi) is 4.32. The fraction of sp³-hybridized carbons (Fsp3) is 0.214. The number of halogens is 3. The van der Waals surface area contributed by atoms with Crippen molar-refractivity contribution in [3.8, 4) is 0 Å². The minimum Gasteiger partial charge on any atom is -0.478 e. The van der Waals surface area contributed by atoms with E-state index in [0.29, 0.717) is 0 Å². The molecule has 0 saturated heterocycles. The number of nitrogens with zero attached hydrogens (tertiary/aromatic N) is 1. The summed E-state index contributed by atoms with van der Waals surface area (Å²) in [6.45, 7) is 0.0635. The number of ether oxygens (including phenoxy) is 1. The van der Waals surface area contributed by atoms with E-state index in [-0.39, 0.29) is 13.3 Å². The van der Waals surface area contributed by atoms with Gasteiger partial charge in [-0.1, -0.05) is 30.3 Å². The highest BCUT2D eigenvalue weighted by Gasteiger charge is 2.36. The van der Waals surface area contributed by atoms with Crippen LogP contribution in [0.4, 0.5) is 13.2 Å². The molecule has 0 bridgehead atoms. The lowest BCUT2D eigenvalue weighted by atomic mass is 10.2. The van der Waals surface area contributed by atoms with E-state index in [0.717, 1.165) is 22.5 Å². The maximum atomic E-state index is 12.7. The van der Waals surface area contributed by atoms with E-state index in [2.05, 4.69) is 0 Å². The fourth-order valence-corrected chi connectivity index (χ4v) is 1.82. The molecule has 112 valence electrons. The van der Waals surface area contributed by atoms with E-state index in [1.165, 1.54) is 0 Å². The summed E-state index contributed by atoms with van der Waals surface area (Å²) in [4.78, 5) is 10.8. The molecular formula is C14H12F3NO3. The van der Waals surface area contributed by atoms with Crippen LogP contribution in [0.5, 0.6) is 0 Å². The van der Waals surface area contributed by atoms with Crippen molar-refractivity contribution in [3.63, 3.8) is 0 Å². The van der Waals surface area contributed by atoms with Gasteiger partial charge in [0.1, 0.15) is 6.73 Å². The summed E-state index contributed by atoms with van der Waals surface area (Å²) >= 11 is 0. The lowest BCUT2D eigenvalue weighted by molar-refractivity contribution is -0.138. The predicted octanol–water partition coefficient (Wildman–Crippen LogP) is 3.38. The first kappa shape index (κ1) is 15.1. The number of carboxylic acid groups (broad SMARTS) is 1. The first-order chi connectivity index (χ1) is 9.88. The van der Waals surface area contributed by atoms with Crippen molar-refractivity contribution < 1.29 is 27.8 Å². The van der Waals surface area contributed by atoms with E-state index in [1.807, 2.05) is 30.3 Å². The summed E-state index contributed by atoms with van der Waals surface area (Å²) in [7, 11) is 0. The van der Waals surface area contributed by atoms with Gasteiger partial charge in [0.15, 0.2) is 0 Å². The van der Waals surface area contributed by atoms with Crippen molar-refractivity contribution in [3.05, 3.63) is 59.4 Å². The number of aromatic nitrogens is 1. The summed E-state index contributed by atoms with van der Waals surface area (Å²) < 4.78 is 44.4. The van der Waals surface area contributed by atoms with E-state index in [1.54, 1.807) is 0 Å². The van der Waals surface area contributed by atoms with Crippen molar-refractivity contribution in [2.45, 2.75) is 19.5 Å². The number of carboxylic acids is 1. The van der Waals surface area contributed by atoms with Gasteiger partial charge in [-0.25, -0.2) is 4.79 Å². The Morgan fingerprint density at radius 2 is 1.86 bits per heavy atom. The van der Waals surface area contributed by atoms with Crippen LogP contribution in [-0.2, 0) is 24.3 Å². The van der Waals surface area contributed by atoms with Crippen molar-refractivity contribution in [2.24, 2.45) is 0 Å². The topological polar surface area (TPSA) is 51.5 Å². The monoisotopic (exact) mass is 299 g/mol. The van der Waals surface area contributed by atoms with Crippen LogP contribution in [0.3, 0.4) is 0 Å². The first-order valence-corrected chi connectivity index (χ1v) is 6.00. The molecule has 0 amide bonds. The van der Waals surface area contributed by atoms with Gasteiger partial charge in [-0.3, -0.25) is 0 Å². The standard InChI is InChI=1S/C14H12F3NO3/c15-14(16,17)12-7-18(6-11(12)13(19)20)9-21-8-10-4-2-1-3-5-10/h1-7H,8-9H2,(H,19,20). The lowest BCUT2D eigenvalue weighted by Gasteiger charge is -2.06. The molecule has 0 aliphatic heterocycles. The number of aromatic carboxylic acids is 1. The zero-order valence-corrected chi connectivity index (χ0v) is 10.8. The third-order valence-corrected chi connectivity index (χ3v) is 2.77. The summed E-state index contributed by atoms with van der Waals surface area (Å²) in [5.74, 6) is -1.62. The molecule has 0 radical (unpaired) electrons. The quantitative estimate of drug-likeness (QED) is 0.921. The zero-order valence-electron chi connectivity index (χ0n) is 10.8. The maximum Gasteiger partial charge on any atom is 0.418 e. The van der Waals surface area contributed by atoms with Gasteiger partial charge < -0.3 is 14.4 Å². The number of hydrogen-bond acceptors (Lipinski definition) is 2. The van der Waals surface area contributed by atoms with Crippen molar-refractivity contribution in [1.29, 1.82) is 0 Å². The molecule has 0 fully saturated rings. The van der Waals surface area contributed by atoms with Crippen LogP contribution in [-0.4, -0.2) is 15.6 Å². The van der Waals surface area contributed by atoms with Crippen molar-refractivity contribution in [1.82, 2.24) is 4.57 Å². The molecular weight excluding hydrogens is 287 g/mol. The van der Waals surface area contributed by atoms with Gasteiger partial charge in [0, 0.05) is 12.4 Å². The molecule has 4 nitrogen and oxygen atoms in total. The SMILES string of the molecule is O=C(O)c1cn(COCc2ccccc2)cc1C(F)(F)F. The molecule has 0 unspecified atom stereocenters. The van der Waals surface area contributed by atoms with Crippen LogP contribution in [0.2, 0.25) is 0 Å². The largest absolute Gasteiger partial charge is 0.478 e. The molecule has 2 aromatic rings. The number of rotatable bonds is 5. The van der Waals surface area contributed by atoms with Crippen LogP contribution in [0, 0.1) is 0 Å². The highest BCUT2D eigenvalue weighted by atomic mass is 19.4. The van der Waals surface area contributed by atoms with Gasteiger partial charge in [-0.15, -0.1) is 0 Å². The lowest BCUT2D eigenvalue weighted by Crippen LogP contribution is -2.09. The van der Waals surface area contributed by atoms with E-state index in [9.17, 15) is 18.0 Å². The molecule has 21 heavy (non-hydrogen) atoms. The molecule has 2 rings (SSSR count). The number of alkyl halides is 3. The smallest absolute Gasteiger partial charge is 0.418 e. The van der Waals surface area contributed by atoms with Gasteiger partial charge in [0.2, 0.25) is 0 Å². The Balaban J connectivity index is 2.06. The molecule has 0 aliphatic rings. The molecule has 0 aliphatic carbocycles. The number of hydrogen-bond donors (Lipinski definition) is 1. The summed E-state index contributed by atoms with van der Waals surface area (Å²) in [5.41, 5.74) is -1.09. The molecule has 7 heteroatoms. The van der Waals surface area contributed by atoms with Gasteiger partial charge in [0.25, 0.3) is 0 Å². The molecule has 0 atom stereocenters. The number of carbonyl (C=O) groups is 1. The minimum absolute atomic E-state index is 0.161. The second kappa shape index (κ2) is 6.01. The molecule has 1 heterocycles. The third-order valence-electron chi connectivity index (χ3n) is 2.77. The first-order valence-electron chi connectivity index (χ1n) is 6.00. The molecule has 1 aromatic carbocycles. The van der Waals surface area contributed by atoms with Crippen LogP contribution < -0.4 is 0 Å². The van der Waals surface area contributed by atoms with E-state index in [4.69, 9.17) is 9.84 Å². The molecule has 0 spiro atoms. The Morgan fingerprint density at radius 1 is 1.19 bits per heavy atom. The van der Waals surface area contributed by atoms with E-state index < -0.39 is 23.3 Å². The molecule has 1 aromatic heterocycles. The van der Waals surface area contributed by atoms with Gasteiger partial charge >= 0.3 is 12.1 Å². The summed E-state index contributed by atoms with van der Waals surface area (Å²) in [5, 5.41) is 8.79. The predicted molar refractivity (Wildman–Crippen MR) is 67.6 cm³/mol. The molecule has 0 saturated carbocycles. The molecule has 1 N–H and O–H groups in total. The van der Waals surface area contributed by atoms with Crippen LogP contribution in [0.15, 0.2) is 42.7 Å². The van der Waals surface area contributed by atoms with Gasteiger partial charge in [-0.2, -0.15) is 13.2 Å². The minimum atomic E-state index is -4.71. The zero-order chi connectivity index (χ0) is 15.5. The Labute approximate surface area is 118 Å². The normalized spacial score (nSPS) is 11.6. The van der Waals surface area contributed by atoms with Crippen LogP contribution in [0.25, 0.3) is 0 Å². The highest BCUT2D eigenvalue weighted by Crippen LogP contribution is 2.32. The second-order valence-electron chi connectivity index (χ2n) is 4.37. The van der Waals surface area contributed by atoms with Crippen molar-refractivity contribution >= 4 is 5.97 Å². The third kappa shape index (κ3) is 3.85. The summed E-state index contributed by atoms with van der Waals surface area (Å²) in [6, 6.07) is 9.11.